The number of aromatic nitrogens is 3. The molecule has 1 heterocycles. The summed E-state index contributed by atoms with van der Waals surface area (Å²) in [4.78, 5) is 0. The molecule has 4 heteroatoms. The van der Waals surface area contributed by atoms with E-state index in [1.54, 1.807) is 6.20 Å². The Hall–Kier alpha value is -1.68. The Morgan fingerprint density at radius 1 is 1.18 bits per heavy atom. The second-order valence-corrected chi connectivity index (χ2v) is 4.34. The van der Waals surface area contributed by atoms with Crippen LogP contribution in [0.15, 0.2) is 30.6 Å². The highest BCUT2D eigenvalue weighted by molar-refractivity contribution is 5.28. The second-order valence-electron chi connectivity index (χ2n) is 4.34. The highest BCUT2D eigenvalue weighted by Gasteiger charge is 1.96. The monoisotopic (exact) mass is 230 g/mol. The van der Waals surface area contributed by atoms with E-state index in [0.29, 0.717) is 0 Å². The van der Waals surface area contributed by atoms with E-state index in [0.717, 1.165) is 19.6 Å². The summed E-state index contributed by atoms with van der Waals surface area (Å²) in [7, 11) is 0. The fraction of sp³-hybridized carbons (Fsp3) is 0.385. The molecule has 0 saturated carbocycles. The average Bonchev–Trinajstić information content (AvgIpc) is 2.76. The van der Waals surface area contributed by atoms with Crippen LogP contribution in [0.3, 0.4) is 0 Å². The second kappa shape index (κ2) is 5.59. The number of nitrogens with one attached hydrogen (secondary N) is 1. The maximum Gasteiger partial charge on any atom is 0.0692 e. The lowest BCUT2D eigenvalue weighted by atomic mass is 10.1. The van der Waals surface area contributed by atoms with Gasteiger partial charge in [0, 0.05) is 19.3 Å². The maximum absolute atomic E-state index is 3.92. The van der Waals surface area contributed by atoms with Crippen LogP contribution in [0.4, 0.5) is 0 Å². The zero-order chi connectivity index (χ0) is 12.1. The van der Waals surface area contributed by atoms with Gasteiger partial charge in [0.25, 0.3) is 0 Å². The lowest BCUT2D eigenvalue weighted by molar-refractivity contribution is 0.540. The molecular weight excluding hydrogens is 212 g/mol. The van der Waals surface area contributed by atoms with Gasteiger partial charge >= 0.3 is 0 Å². The van der Waals surface area contributed by atoms with E-state index in [1.807, 2.05) is 10.9 Å². The summed E-state index contributed by atoms with van der Waals surface area (Å²) in [6, 6.07) is 6.63. The first-order chi connectivity index (χ1) is 8.24. The van der Waals surface area contributed by atoms with Gasteiger partial charge in [-0.1, -0.05) is 34.5 Å². The van der Waals surface area contributed by atoms with Crippen molar-refractivity contribution in [2.24, 2.45) is 0 Å². The highest BCUT2D eigenvalue weighted by Crippen LogP contribution is 2.08. The SMILES string of the molecule is Cc1cc(C)cc(CNCCn2ccnn2)c1. The summed E-state index contributed by atoms with van der Waals surface area (Å²) in [6.45, 7) is 6.91. The Morgan fingerprint density at radius 2 is 1.94 bits per heavy atom. The van der Waals surface area contributed by atoms with Gasteiger partial charge in [-0.25, -0.2) is 0 Å². The minimum Gasteiger partial charge on any atom is -0.311 e. The van der Waals surface area contributed by atoms with Crippen LogP contribution in [0.1, 0.15) is 16.7 Å². The van der Waals surface area contributed by atoms with E-state index in [4.69, 9.17) is 0 Å². The van der Waals surface area contributed by atoms with Crippen molar-refractivity contribution in [3.05, 3.63) is 47.3 Å². The molecule has 0 saturated heterocycles. The third-order valence-corrected chi connectivity index (χ3v) is 2.60. The van der Waals surface area contributed by atoms with Crippen LogP contribution in [0.5, 0.6) is 0 Å². The third kappa shape index (κ3) is 3.67. The van der Waals surface area contributed by atoms with Gasteiger partial charge in [-0.2, -0.15) is 0 Å². The third-order valence-electron chi connectivity index (χ3n) is 2.60. The Balaban J connectivity index is 1.78. The van der Waals surface area contributed by atoms with Crippen molar-refractivity contribution in [1.82, 2.24) is 20.3 Å². The van der Waals surface area contributed by atoms with Crippen LogP contribution in [0.25, 0.3) is 0 Å². The molecule has 90 valence electrons. The van der Waals surface area contributed by atoms with E-state index in [-0.39, 0.29) is 0 Å². The van der Waals surface area contributed by atoms with Crippen molar-refractivity contribution < 1.29 is 0 Å². The van der Waals surface area contributed by atoms with E-state index in [2.05, 4.69) is 47.7 Å². The van der Waals surface area contributed by atoms with Gasteiger partial charge in [-0.3, -0.25) is 4.68 Å². The molecule has 0 unspecified atom stereocenters. The van der Waals surface area contributed by atoms with Crippen LogP contribution in [0.2, 0.25) is 0 Å². The lowest BCUT2D eigenvalue weighted by Gasteiger charge is -2.07. The predicted octanol–water partition coefficient (Wildman–Crippen LogP) is 1.68. The van der Waals surface area contributed by atoms with Gasteiger partial charge in [-0.15, -0.1) is 5.10 Å². The average molecular weight is 230 g/mol. The minimum absolute atomic E-state index is 0.852. The molecule has 0 spiro atoms. The molecule has 0 aliphatic carbocycles. The lowest BCUT2D eigenvalue weighted by Crippen LogP contribution is -2.19. The van der Waals surface area contributed by atoms with Crippen molar-refractivity contribution in [2.75, 3.05) is 6.54 Å². The van der Waals surface area contributed by atoms with Crippen LogP contribution >= 0.6 is 0 Å². The number of aryl methyl sites for hydroxylation is 2. The first kappa shape index (κ1) is 11.8. The number of rotatable bonds is 5. The molecule has 2 rings (SSSR count). The summed E-state index contributed by atoms with van der Waals surface area (Å²) in [6.07, 6.45) is 3.57. The summed E-state index contributed by atoms with van der Waals surface area (Å²) in [5.74, 6) is 0. The van der Waals surface area contributed by atoms with Crippen molar-refractivity contribution in [3.8, 4) is 0 Å². The molecule has 2 aromatic rings. The quantitative estimate of drug-likeness (QED) is 0.795. The van der Waals surface area contributed by atoms with E-state index >= 15 is 0 Å². The van der Waals surface area contributed by atoms with Gasteiger partial charge in [0.1, 0.15) is 0 Å². The van der Waals surface area contributed by atoms with Crippen LogP contribution in [-0.2, 0) is 13.1 Å². The Kier molecular flexibility index (Phi) is 3.88. The molecule has 0 aliphatic heterocycles. The summed E-state index contributed by atoms with van der Waals surface area (Å²) < 4.78 is 1.83. The Bertz CT molecular complexity index is 442. The first-order valence-corrected chi connectivity index (χ1v) is 5.86. The molecule has 1 aromatic heterocycles. The van der Waals surface area contributed by atoms with Gasteiger partial charge in [0.05, 0.1) is 12.7 Å². The maximum atomic E-state index is 3.92. The van der Waals surface area contributed by atoms with Crippen molar-refractivity contribution in [3.63, 3.8) is 0 Å². The van der Waals surface area contributed by atoms with E-state index < -0.39 is 0 Å². The Morgan fingerprint density at radius 3 is 2.59 bits per heavy atom. The summed E-state index contributed by atoms with van der Waals surface area (Å²) in [5.41, 5.74) is 3.97. The van der Waals surface area contributed by atoms with Crippen molar-refractivity contribution >= 4 is 0 Å². The van der Waals surface area contributed by atoms with E-state index in [9.17, 15) is 0 Å². The van der Waals surface area contributed by atoms with Gasteiger partial charge in [0.15, 0.2) is 0 Å². The topological polar surface area (TPSA) is 42.7 Å². The number of hydrogen-bond donors (Lipinski definition) is 1. The molecule has 1 aromatic carbocycles. The van der Waals surface area contributed by atoms with Crippen molar-refractivity contribution in [1.29, 1.82) is 0 Å². The minimum atomic E-state index is 0.852. The molecule has 1 N–H and O–H groups in total. The number of hydrogen-bond acceptors (Lipinski definition) is 3. The van der Waals surface area contributed by atoms with Crippen molar-refractivity contribution in [2.45, 2.75) is 26.9 Å². The zero-order valence-electron chi connectivity index (χ0n) is 10.3. The molecule has 0 amide bonds. The number of benzene rings is 1. The number of nitrogens with zero attached hydrogens (tertiary/aromatic N) is 3. The van der Waals surface area contributed by atoms with E-state index in [1.165, 1.54) is 16.7 Å². The molecule has 17 heavy (non-hydrogen) atoms. The molecule has 0 bridgehead atoms. The highest BCUT2D eigenvalue weighted by atomic mass is 15.4. The molecule has 0 atom stereocenters. The fourth-order valence-corrected chi connectivity index (χ4v) is 1.95. The van der Waals surface area contributed by atoms with Crippen LogP contribution in [0, 0.1) is 13.8 Å². The standard InChI is InChI=1S/C13H18N4/c1-11-7-12(2)9-13(8-11)10-14-3-5-17-6-4-15-16-17/h4,6-9,14H,3,5,10H2,1-2H3. The molecule has 0 radical (unpaired) electrons. The summed E-state index contributed by atoms with van der Waals surface area (Å²) >= 11 is 0. The zero-order valence-corrected chi connectivity index (χ0v) is 10.3. The van der Waals surface area contributed by atoms with Crippen LogP contribution in [-0.4, -0.2) is 21.5 Å². The van der Waals surface area contributed by atoms with Gasteiger partial charge in [-0.05, 0) is 19.4 Å². The van der Waals surface area contributed by atoms with Gasteiger partial charge in [0.2, 0.25) is 0 Å². The predicted molar refractivity (Wildman–Crippen MR) is 67.6 cm³/mol. The fourth-order valence-electron chi connectivity index (χ4n) is 1.95. The smallest absolute Gasteiger partial charge is 0.0692 e. The summed E-state index contributed by atoms with van der Waals surface area (Å²) in [5, 5.41) is 11.1. The van der Waals surface area contributed by atoms with Gasteiger partial charge < -0.3 is 5.32 Å². The molecule has 0 aliphatic rings. The van der Waals surface area contributed by atoms with Crippen LogP contribution < -0.4 is 5.32 Å². The molecule has 4 nitrogen and oxygen atoms in total. The first-order valence-electron chi connectivity index (χ1n) is 5.86. The Labute approximate surface area is 102 Å². The largest absolute Gasteiger partial charge is 0.311 e. The molecular formula is C13H18N4. The molecule has 0 fully saturated rings. The normalized spacial score (nSPS) is 10.7.